The van der Waals surface area contributed by atoms with Crippen molar-refractivity contribution in [1.29, 1.82) is 0 Å². The number of rotatable bonds is 7. The van der Waals surface area contributed by atoms with E-state index in [1.165, 1.54) is 18.2 Å². The highest BCUT2D eigenvalue weighted by molar-refractivity contribution is 6.53. The Kier molecular flexibility index (Phi) is 8.08. The molecule has 0 unspecified atom stereocenters. The maximum absolute atomic E-state index is 15.0. The number of aliphatic hydroxyl groups excluding tert-OH is 1. The summed E-state index contributed by atoms with van der Waals surface area (Å²) in [6.07, 6.45) is -3.77. The molecule has 0 radical (unpaired) electrons. The number of carbonyl (C=O) groups excluding carboxylic acids is 2. The highest BCUT2D eigenvalue weighted by atomic mass is 35.5. The average molecular weight is 666 g/mol. The van der Waals surface area contributed by atoms with Crippen molar-refractivity contribution >= 4 is 69.6 Å². The second-order valence-corrected chi connectivity index (χ2v) is 11.9. The fourth-order valence-corrected chi connectivity index (χ4v) is 5.59. The minimum atomic E-state index is -4.98. The first-order valence-corrected chi connectivity index (χ1v) is 13.7. The number of hydrogen-bond donors (Lipinski definition) is 4. The van der Waals surface area contributed by atoms with Gasteiger partial charge in [-0.3, -0.25) is 9.59 Å². The molecule has 0 aliphatic heterocycles. The maximum Gasteiger partial charge on any atom is 0.419 e. The Balaban J connectivity index is 1.36. The normalized spacial score (nSPS) is 19.6. The van der Waals surface area contributed by atoms with Gasteiger partial charge in [0.05, 0.1) is 16.5 Å². The number of aliphatic hydroxyl groups is 1. The fraction of sp³-hybridized carbons (Fsp3) is 0.250. The molecule has 0 bridgehead atoms. The molecule has 0 spiro atoms. The molecule has 2 atom stereocenters. The molecule has 3 aromatic carbocycles. The molecule has 2 aliphatic rings. The monoisotopic (exact) mass is 664 g/mol. The van der Waals surface area contributed by atoms with Crippen LogP contribution in [0.1, 0.15) is 35.4 Å². The zero-order chi connectivity index (χ0) is 31.4. The molecule has 43 heavy (non-hydrogen) atoms. The number of anilines is 2. The summed E-state index contributed by atoms with van der Waals surface area (Å²) in [5, 5.41) is 15.3. The van der Waals surface area contributed by atoms with Crippen molar-refractivity contribution in [3.8, 4) is 0 Å². The van der Waals surface area contributed by atoms with Crippen molar-refractivity contribution in [3.63, 3.8) is 0 Å². The summed E-state index contributed by atoms with van der Waals surface area (Å²) in [6, 6.07) is 7.89. The van der Waals surface area contributed by atoms with E-state index >= 15 is 4.39 Å². The van der Waals surface area contributed by atoms with Crippen LogP contribution >= 0.6 is 34.8 Å². The molecule has 0 heterocycles. The van der Waals surface area contributed by atoms with Crippen LogP contribution < -0.4 is 15.6 Å². The van der Waals surface area contributed by atoms with Crippen LogP contribution in [0.3, 0.4) is 0 Å². The summed E-state index contributed by atoms with van der Waals surface area (Å²) in [7, 11) is 0. The minimum Gasteiger partial charge on any atom is -0.459 e. The van der Waals surface area contributed by atoms with Crippen LogP contribution in [0.25, 0.3) is 0 Å². The standard InChI is InChI=1S/C28H18Cl3F6N3O3/c29-16-5-4-13(38-26(43)21-20(27(21,30)31)12-3-6-17(32)15(9-12)28(35,36)37)10-14(16)25(42)39-19-8-7-18(33)23(22(19)34)40-24(41)11-1-2-11/h3-11,20-21H,1-2H2,(H,38,43)(H,39,42)(H,40,41)/p+1/t20-,21+/m0/s1. The first-order chi connectivity index (χ1) is 20.1. The summed E-state index contributed by atoms with van der Waals surface area (Å²) >= 11 is 18.6. The quantitative estimate of drug-likeness (QED) is 0.102. The van der Waals surface area contributed by atoms with Crippen LogP contribution in [0.15, 0.2) is 48.5 Å². The van der Waals surface area contributed by atoms with Crippen molar-refractivity contribution in [2.45, 2.75) is 29.3 Å². The van der Waals surface area contributed by atoms with Gasteiger partial charge in [0.2, 0.25) is 23.3 Å². The van der Waals surface area contributed by atoms with Gasteiger partial charge < -0.3 is 15.7 Å². The lowest BCUT2D eigenvalue weighted by atomic mass is 10.0. The first-order valence-electron chi connectivity index (χ1n) is 12.6. The Bertz CT molecular complexity index is 1680. The molecule has 0 saturated heterocycles. The topological polar surface area (TPSA) is 92.4 Å². The van der Waals surface area contributed by atoms with Crippen molar-refractivity contribution in [3.05, 3.63) is 87.7 Å². The molecule has 4 N–H and O–H groups in total. The van der Waals surface area contributed by atoms with Gasteiger partial charge in [0, 0.05) is 23.6 Å². The van der Waals surface area contributed by atoms with Crippen LogP contribution in [0, 0.1) is 29.3 Å². The molecule has 2 saturated carbocycles. The summed E-state index contributed by atoms with van der Waals surface area (Å²) in [6.45, 7) is 0. The Hall–Kier alpha value is -3.48. The molecule has 2 aliphatic carbocycles. The van der Waals surface area contributed by atoms with E-state index in [4.69, 9.17) is 34.8 Å². The van der Waals surface area contributed by atoms with Crippen molar-refractivity contribution in [2.75, 3.05) is 10.6 Å². The van der Waals surface area contributed by atoms with E-state index in [2.05, 4.69) is 15.6 Å². The molecule has 6 nitrogen and oxygen atoms in total. The van der Waals surface area contributed by atoms with E-state index in [-0.39, 0.29) is 27.8 Å². The second-order valence-electron chi connectivity index (χ2n) is 10.1. The molecule has 3 aromatic rings. The van der Waals surface area contributed by atoms with E-state index in [1.807, 2.05) is 0 Å². The van der Waals surface area contributed by atoms with E-state index in [0.29, 0.717) is 25.0 Å². The highest BCUT2D eigenvalue weighted by Crippen LogP contribution is 2.65. The van der Waals surface area contributed by atoms with Crippen LogP contribution in [-0.4, -0.2) is 27.2 Å². The molecular formula is C28H19Cl3F6N3O3+. The summed E-state index contributed by atoms with van der Waals surface area (Å²) in [4.78, 5) is 27.4. The second kappa shape index (κ2) is 11.2. The fourth-order valence-electron chi connectivity index (χ4n) is 4.56. The molecular weight excluding hydrogens is 647 g/mol. The predicted molar refractivity (Wildman–Crippen MR) is 147 cm³/mol. The van der Waals surface area contributed by atoms with Gasteiger partial charge in [-0.25, -0.2) is 8.78 Å². The van der Waals surface area contributed by atoms with Crippen LogP contribution in [0.2, 0.25) is 5.02 Å². The summed E-state index contributed by atoms with van der Waals surface area (Å²) in [5.41, 5.74) is -2.82. The van der Waals surface area contributed by atoms with Crippen LogP contribution in [-0.2, 0) is 15.8 Å². The number of benzene rings is 3. The number of alkyl halides is 5. The third kappa shape index (κ3) is 6.27. The molecule has 2 amide bonds. The van der Waals surface area contributed by atoms with Crippen molar-refractivity contribution in [2.24, 2.45) is 11.8 Å². The number of hydrogen-bond acceptors (Lipinski definition) is 2. The zero-order valence-electron chi connectivity index (χ0n) is 21.4. The van der Waals surface area contributed by atoms with Crippen LogP contribution in [0.5, 0.6) is 0 Å². The maximum atomic E-state index is 15.0. The third-order valence-corrected chi connectivity index (χ3v) is 8.29. The molecule has 226 valence electrons. The Labute approximate surface area is 254 Å². The van der Waals surface area contributed by atoms with Gasteiger partial charge in [-0.2, -0.15) is 22.6 Å². The van der Waals surface area contributed by atoms with Gasteiger partial charge in [-0.1, -0.05) is 17.7 Å². The van der Waals surface area contributed by atoms with E-state index in [9.17, 15) is 36.6 Å². The van der Waals surface area contributed by atoms with Gasteiger partial charge in [0.1, 0.15) is 27.2 Å². The van der Waals surface area contributed by atoms with E-state index < -0.39 is 74.4 Å². The summed E-state index contributed by atoms with van der Waals surface area (Å²) in [5.74, 6) is -8.39. The SMILES string of the molecule is O=C(Nc1c(F)ccc([NH+]=C(O)c2cc(NC(=O)[C@H]3[C@H](c4ccc(F)c(C(F)(F)F)c4)C3(Cl)Cl)ccc2Cl)c1F)C1CC1. The molecule has 15 heteroatoms. The number of amides is 2. The minimum absolute atomic E-state index is 0.0413. The van der Waals surface area contributed by atoms with E-state index in [0.717, 1.165) is 18.2 Å². The third-order valence-electron chi connectivity index (χ3n) is 7.02. The largest absolute Gasteiger partial charge is 0.459 e. The lowest BCUT2D eigenvalue weighted by Gasteiger charge is -2.10. The number of nitrogens with one attached hydrogen (secondary N) is 3. The Morgan fingerprint density at radius 2 is 1.60 bits per heavy atom. The lowest BCUT2D eigenvalue weighted by Crippen LogP contribution is -2.67. The average Bonchev–Trinajstić information content (AvgIpc) is 3.85. The number of halogens is 9. The van der Waals surface area contributed by atoms with Crippen molar-refractivity contribution < 1.29 is 46.0 Å². The smallest absolute Gasteiger partial charge is 0.419 e. The molecule has 5 rings (SSSR count). The Morgan fingerprint density at radius 1 is 0.930 bits per heavy atom. The van der Waals surface area contributed by atoms with Gasteiger partial charge in [-0.05, 0) is 54.8 Å². The lowest BCUT2D eigenvalue weighted by molar-refractivity contribution is -0.367. The van der Waals surface area contributed by atoms with E-state index in [1.54, 1.807) is 0 Å². The molecule has 0 aromatic heterocycles. The Morgan fingerprint density at radius 3 is 2.26 bits per heavy atom. The van der Waals surface area contributed by atoms with Gasteiger partial charge >= 0.3 is 12.1 Å². The zero-order valence-corrected chi connectivity index (χ0v) is 23.7. The summed E-state index contributed by atoms with van der Waals surface area (Å²) < 4.78 is 80.7. The van der Waals surface area contributed by atoms with Crippen LogP contribution in [0.4, 0.5) is 43.4 Å². The molecule has 2 fully saturated rings. The predicted octanol–water partition coefficient (Wildman–Crippen LogP) is 6.37. The van der Waals surface area contributed by atoms with Crippen molar-refractivity contribution in [1.82, 2.24) is 0 Å². The number of carbonyl (C=O) groups is 2. The first kappa shape index (κ1) is 31.0. The highest BCUT2D eigenvalue weighted by Gasteiger charge is 2.67. The van der Waals surface area contributed by atoms with Gasteiger partial charge in [0.25, 0.3) is 0 Å². The van der Waals surface area contributed by atoms with Gasteiger partial charge in [0.15, 0.2) is 0 Å². The van der Waals surface area contributed by atoms with Gasteiger partial charge in [-0.15, -0.1) is 23.2 Å².